The number of carbonyl (C=O) groups is 1. The van der Waals surface area contributed by atoms with Crippen LogP contribution in [0.25, 0.3) is 0 Å². The van der Waals surface area contributed by atoms with Gasteiger partial charge in [-0.3, -0.25) is 4.79 Å². The Morgan fingerprint density at radius 3 is 2.18 bits per heavy atom. The third-order valence-electron chi connectivity index (χ3n) is 3.72. The predicted octanol–water partition coefficient (Wildman–Crippen LogP) is 3.52. The van der Waals surface area contributed by atoms with E-state index in [2.05, 4.69) is 25.7 Å². The number of benzene rings is 2. The van der Waals surface area contributed by atoms with E-state index in [-0.39, 0.29) is 5.91 Å². The molecule has 2 aromatic rings. The number of hydrogen-bond acceptors (Lipinski definition) is 2. The molecule has 0 bridgehead atoms. The quantitative estimate of drug-likeness (QED) is 0.808. The fourth-order valence-electron chi connectivity index (χ4n) is 2.48. The highest BCUT2D eigenvalue weighted by molar-refractivity contribution is 6.89. The van der Waals surface area contributed by atoms with Crippen molar-refractivity contribution in [3.05, 3.63) is 54.1 Å². The molecular weight excluding hydrogens is 290 g/mol. The Balaban J connectivity index is 2.53. The summed E-state index contributed by atoms with van der Waals surface area (Å²) in [7, 11) is 1.75. The molecule has 0 aliphatic rings. The number of hydrogen-bond donors (Lipinski definition) is 0. The van der Waals surface area contributed by atoms with Crippen molar-refractivity contribution in [2.45, 2.75) is 19.6 Å². The maximum absolute atomic E-state index is 13.1. The molecule has 1 amide bonds. The average Bonchev–Trinajstić information content (AvgIpc) is 2.52. The van der Waals surface area contributed by atoms with E-state index in [9.17, 15) is 4.79 Å². The van der Waals surface area contributed by atoms with E-state index in [0.717, 1.165) is 10.9 Å². The molecule has 0 spiro atoms. The van der Waals surface area contributed by atoms with Gasteiger partial charge in [0, 0.05) is 12.7 Å². The van der Waals surface area contributed by atoms with E-state index in [1.165, 1.54) is 0 Å². The second-order valence-electron chi connectivity index (χ2n) is 6.33. The van der Waals surface area contributed by atoms with E-state index in [0.29, 0.717) is 11.3 Å². The van der Waals surface area contributed by atoms with Gasteiger partial charge in [-0.05, 0) is 23.4 Å². The molecule has 0 aliphatic heterocycles. The van der Waals surface area contributed by atoms with Gasteiger partial charge in [-0.1, -0.05) is 50.0 Å². The number of amides is 1. The summed E-state index contributed by atoms with van der Waals surface area (Å²) in [5.74, 6) is 0.619. The van der Waals surface area contributed by atoms with Gasteiger partial charge in [0.25, 0.3) is 5.91 Å². The largest absolute Gasteiger partial charge is 0.496 e. The van der Waals surface area contributed by atoms with Gasteiger partial charge >= 0.3 is 0 Å². The summed E-state index contributed by atoms with van der Waals surface area (Å²) in [4.78, 5) is 14.7. The van der Waals surface area contributed by atoms with Crippen LogP contribution >= 0.6 is 0 Å². The fraction of sp³-hybridized carbons (Fsp3) is 0.278. The van der Waals surface area contributed by atoms with Crippen molar-refractivity contribution in [2.75, 3.05) is 19.1 Å². The lowest BCUT2D eigenvalue weighted by atomic mass is 10.1. The summed E-state index contributed by atoms with van der Waals surface area (Å²) >= 11 is 0. The van der Waals surface area contributed by atoms with Crippen LogP contribution in [0.1, 0.15) is 10.4 Å². The molecule has 116 valence electrons. The molecule has 0 aromatic heterocycles. The van der Waals surface area contributed by atoms with E-state index in [4.69, 9.17) is 4.74 Å². The van der Waals surface area contributed by atoms with Gasteiger partial charge in [-0.2, -0.15) is 0 Å². The zero-order valence-corrected chi connectivity index (χ0v) is 14.9. The molecule has 22 heavy (non-hydrogen) atoms. The summed E-state index contributed by atoms with van der Waals surface area (Å²) in [6.45, 7) is 6.71. The highest BCUT2D eigenvalue weighted by Crippen LogP contribution is 2.23. The van der Waals surface area contributed by atoms with Crippen LogP contribution < -0.4 is 14.8 Å². The maximum Gasteiger partial charge on any atom is 0.261 e. The van der Waals surface area contributed by atoms with Gasteiger partial charge in [-0.15, -0.1) is 0 Å². The third kappa shape index (κ3) is 3.22. The van der Waals surface area contributed by atoms with Gasteiger partial charge in [0.15, 0.2) is 0 Å². The Labute approximate surface area is 133 Å². The van der Waals surface area contributed by atoms with Gasteiger partial charge in [0.05, 0.1) is 20.7 Å². The van der Waals surface area contributed by atoms with Crippen molar-refractivity contribution in [3.63, 3.8) is 0 Å². The lowest BCUT2D eigenvalue weighted by molar-refractivity contribution is 0.0991. The molecule has 0 saturated carbocycles. The summed E-state index contributed by atoms with van der Waals surface area (Å²) in [5, 5.41) is 1.12. The normalized spacial score (nSPS) is 11.1. The average molecular weight is 313 g/mol. The van der Waals surface area contributed by atoms with E-state index >= 15 is 0 Å². The van der Waals surface area contributed by atoms with Crippen molar-refractivity contribution >= 4 is 24.9 Å². The van der Waals surface area contributed by atoms with Crippen LogP contribution in [0, 0.1) is 0 Å². The Hall–Kier alpha value is -2.07. The van der Waals surface area contributed by atoms with E-state index in [1.807, 2.05) is 42.5 Å². The molecule has 4 heteroatoms. The molecule has 0 fully saturated rings. The van der Waals surface area contributed by atoms with Crippen LogP contribution in [-0.2, 0) is 0 Å². The van der Waals surface area contributed by atoms with Crippen molar-refractivity contribution in [1.82, 2.24) is 0 Å². The van der Waals surface area contributed by atoms with Crippen molar-refractivity contribution in [1.29, 1.82) is 0 Å². The number of methoxy groups -OCH3 is 1. The Bertz CT molecular complexity index is 663. The third-order valence-corrected chi connectivity index (χ3v) is 5.75. The van der Waals surface area contributed by atoms with Gasteiger partial charge in [-0.25, -0.2) is 0 Å². The lowest BCUT2D eigenvalue weighted by Gasteiger charge is -2.25. The molecule has 2 aromatic carbocycles. The van der Waals surface area contributed by atoms with Crippen LogP contribution in [0.5, 0.6) is 5.75 Å². The molecule has 2 rings (SSSR count). The Morgan fingerprint density at radius 2 is 1.64 bits per heavy atom. The minimum absolute atomic E-state index is 0.0268. The number of anilines is 1. The van der Waals surface area contributed by atoms with Gasteiger partial charge in [0.2, 0.25) is 0 Å². The molecular formula is C18H23NO2Si. The molecule has 3 nitrogen and oxygen atoms in total. The lowest BCUT2D eigenvalue weighted by Crippen LogP contribution is -2.44. The molecule has 0 aliphatic carbocycles. The second-order valence-corrected chi connectivity index (χ2v) is 11.4. The number of carbonyl (C=O) groups excluding carboxylic acids is 1. The molecule has 0 N–H and O–H groups in total. The van der Waals surface area contributed by atoms with Crippen molar-refractivity contribution in [3.8, 4) is 5.75 Å². The van der Waals surface area contributed by atoms with Gasteiger partial charge < -0.3 is 9.64 Å². The topological polar surface area (TPSA) is 29.5 Å². The number of para-hydroxylation sites is 1. The predicted molar refractivity (Wildman–Crippen MR) is 95.1 cm³/mol. The summed E-state index contributed by atoms with van der Waals surface area (Å²) in [6.07, 6.45) is 0. The molecule has 0 radical (unpaired) electrons. The minimum atomic E-state index is -1.66. The number of ether oxygens (including phenoxy) is 1. The highest BCUT2D eigenvalue weighted by Gasteiger charge is 2.28. The van der Waals surface area contributed by atoms with Crippen LogP contribution in [0.3, 0.4) is 0 Å². The van der Waals surface area contributed by atoms with Gasteiger partial charge in [0.1, 0.15) is 5.75 Å². The SMILES string of the molecule is COc1cccc([Si](C)(C)C)c1C(=O)N(C)c1ccccc1. The standard InChI is InChI=1S/C18H23NO2Si/c1-19(14-10-7-6-8-11-14)18(20)17-15(21-2)12-9-13-16(17)22(3,4)5/h6-13H,1-5H3. The van der Waals surface area contributed by atoms with Crippen LogP contribution in [0.4, 0.5) is 5.69 Å². The van der Waals surface area contributed by atoms with Crippen molar-refractivity contribution < 1.29 is 9.53 Å². The van der Waals surface area contributed by atoms with Crippen LogP contribution in [0.15, 0.2) is 48.5 Å². The minimum Gasteiger partial charge on any atom is -0.496 e. The number of rotatable bonds is 4. The first-order valence-corrected chi connectivity index (χ1v) is 10.9. The van der Waals surface area contributed by atoms with Crippen LogP contribution in [0.2, 0.25) is 19.6 Å². The summed E-state index contributed by atoms with van der Waals surface area (Å²) in [5.41, 5.74) is 1.57. The zero-order valence-electron chi connectivity index (χ0n) is 13.9. The highest BCUT2D eigenvalue weighted by atomic mass is 28.3. The second kappa shape index (κ2) is 6.36. The Kier molecular flexibility index (Phi) is 4.71. The first kappa shape index (κ1) is 16.3. The maximum atomic E-state index is 13.1. The molecule has 0 atom stereocenters. The van der Waals surface area contributed by atoms with E-state index in [1.54, 1.807) is 19.1 Å². The summed E-state index contributed by atoms with van der Waals surface area (Å²) in [6, 6.07) is 15.5. The Morgan fingerprint density at radius 1 is 1.00 bits per heavy atom. The van der Waals surface area contributed by atoms with Crippen LogP contribution in [-0.4, -0.2) is 28.1 Å². The summed E-state index contributed by atoms with van der Waals surface area (Å²) < 4.78 is 5.46. The molecule has 0 unspecified atom stereocenters. The zero-order chi connectivity index (χ0) is 16.3. The fourth-order valence-corrected chi connectivity index (χ4v) is 4.06. The monoisotopic (exact) mass is 313 g/mol. The first-order valence-electron chi connectivity index (χ1n) is 7.37. The van der Waals surface area contributed by atoms with Crippen molar-refractivity contribution in [2.24, 2.45) is 0 Å². The van der Waals surface area contributed by atoms with E-state index < -0.39 is 8.07 Å². The number of nitrogens with zero attached hydrogens (tertiary/aromatic N) is 1. The molecule has 0 heterocycles. The smallest absolute Gasteiger partial charge is 0.261 e. The first-order chi connectivity index (χ1) is 10.4. The molecule has 0 saturated heterocycles.